The van der Waals surface area contributed by atoms with Crippen LogP contribution in [0.1, 0.15) is 23.6 Å². The Hall–Kier alpha value is -3.00. The summed E-state index contributed by atoms with van der Waals surface area (Å²) in [5, 5.41) is 4.45. The van der Waals surface area contributed by atoms with Crippen LogP contribution in [0.15, 0.2) is 60.0 Å². The molecule has 138 valence electrons. The highest BCUT2D eigenvalue weighted by Gasteiger charge is 2.36. The lowest BCUT2D eigenvalue weighted by molar-refractivity contribution is 0.352. The zero-order valence-electron chi connectivity index (χ0n) is 14.9. The van der Waals surface area contributed by atoms with Crippen LogP contribution < -0.4 is 4.74 Å². The molecule has 7 nitrogen and oxygen atoms in total. The molecule has 0 spiro atoms. The molecule has 0 saturated carbocycles. The van der Waals surface area contributed by atoms with Crippen molar-refractivity contribution in [2.45, 2.75) is 12.5 Å². The number of ether oxygens (including phenoxy) is 1. The van der Waals surface area contributed by atoms with E-state index >= 15 is 0 Å². The Morgan fingerprint density at radius 2 is 1.85 bits per heavy atom. The molecule has 3 aromatic rings. The number of hydrogen-bond acceptors (Lipinski definition) is 6. The summed E-state index contributed by atoms with van der Waals surface area (Å²) in [5.74, 6) is 0.630. The smallest absolute Gasteiger partial charge is 0.247 e. The maximum Gasteiger partial charge on any atom is 0.247 e. The molecule has 0 fully saturated rings. The number of rotatable bonds is 4. The number of hydrazone groups is 1. The van der Waals surface area contributed by atoms with Crippen LogP contribution in [0.5, 0.6) is 5.75 Å². The van der Waals surface area contributed by atoms with Gasteiger partial charge in [-0.3, -0.25) is 9.97 Å². The minimum atomic E-state index is -3.56. The summed E-state index contributed by atoms with van der Waals surface area (Å²) >= 11 is 0. The normalized spacial score (nSPS) is 17.2. The second-order valence-corrected chi connectivity index (χ2v) is 8.11. The molecule has 0 radical (unpaired) electrons. The Balaban J connectivity index is 1.84. The number of para-hydroxylation sites is 2. The highest BCUT2D eigenvalue weighted by molar-refractivity contribution is 7.88. The molecule has 0 N–H and O–H groups in total. The number of fused-ring (bicyclic) bond motifs is 1. The lowest BCUT2D eigenvalue weighted by atomic mass is 9.97. The molecule has 1 aliphatic rings. The predicted molar refractivity (Wildman–Crippen MR) is 103 cm³/mol. The van der Waals surface area contributed by atoms with E-state index < -0.39 is 16.1 Å². The van der Waals surface area contributed by atoms with Gasteiger partial charge in [-0.1, -0.05) is 30.3 Å². The average Bonchev–Trinajstić information content (AvgIpc) is 3.13. The molecule has 0 aliphatic carbocycles. The average molecular weight is 382 g/mol. The first kappa shape index (κ1) is 17.4. The summed E-state index contributed by atoms with van der Waals surface area (Å²) in [4.78, 5) is 8.72. The molecule has 2 aromatic carbocycles. The van der Waals surface area contributed by atoms with Crippen LogP contribution in [0.4, 0.5) is 0 Å². The minimum Gasteiger partial charge on any atom is -0.496 e. The van der Waals surface area contributed by atoms with Gasteiger partial charge in [0.2, 0.25) is 10.0 Å². The van der Waals surface area contributed by atoms with Gasteiger partial charge in [0.05, 0.1) is 36.2 Å². The van der Waals surface area contributed by atoms with Gasteiger partial charge in [-0.15, -0.1) is 0 Å². The lowest BCUT2D eigenvalue weighted by Crippen LogP contribution is -2.26. The number of benzene rings is 2. The van der Waals surface area contributed by atoms with Crippen molar-refractivity contribution in [3.63, 3.8) is 0 Å². The van der Waals surface area contributed by atoms with E-state index in [4.69, 9.17) is 4.74 Å². The predicted octanol–water partition coefficient (Wildman–Crippen LogP) is 2.75. The summed E-state index contributed by atoms with van der Waals surface area (Å²) in [6.45, 7) is 0. The van der Waals surface area contributed by atoms with E-state index in [1.54, 1.807) is 19.5 Å². The molecule has 2 heterocycles. The van der Waals surface area contributed by atoms with Crippen LogP contribution in [0.3, 0.4) is 0 Å². The van der Waals surface area contributed by atoms with E-state index in [1.807, 2.05) is 42.5 Å². The second-order valence-electron chi connectivity index (χ2n) is 6.27. The van der Waals surface area contributed by atoms with Crippen LogP contribution in [-0.4, -0.2) is 41.9 Å². The molecule has 1 aromatic heterocycles. The van der Waals surface area contributed by atoms with Crippen LogP contribution in [-0.2, 0) is 10.0 Å². The zero-order chi connectivity index (χ0) is 19.0. The molecule has 4 rings (SSSR count). The van der Waals surface area contributed by atoms with Crippen LogP contribution in [0, 0.1) is 0 Å². The van der Waals surface area contributed by atoms with Crippen molar-refractivity contribution < 1.29 is 13.2 Å². The van der Waals surface area contributed by atoms with Crippen molar-refractivity contribution in [3.8, 4) is 5.75 Å². The van der Waals surface area contributed by atoms with Crippen molar-refractivity contribution in [1.82, 2.24) is 14.4 Å². The third kappa shape index (κ3) is 3.12. The molecule has 8 heteroatoms. The van der Waals surface area contributed by atoms with E-state index in [0.29, 0.717) is 23.4 Å². The van der Waals surface area contributed by atoms with Crippen molar-refractivity contribution >= 4 is 26.8 Å². The van der Waals surface area contributed by atoms with E-state index in [9.17, 15) is 8.42 Å². The monoisotopic (exact) mass is 382 g/mol. The fourth-order valence-corrected chi connectivity index (χ4v) is 4.25. The maximum absolute atomic E-state index is 12.4. The van der Waals surface area contributed by atoms with Gasteiger partial charge < -0.3 is 4.74 Å². The van der Waals surface area contributed by atoms with E-state index in [1.165, 1.54) is 0 Å². The Labute approximate surface area is 157 Å². The second kappa shape index (κ2) is 6.62. The molecule has 0 saturated heterocycles. The Morgan fingerprint density at radius 3 is 2.63 bits per heavy atom. The first-order valence-corrected chi connectivity index (χ1v) is 10.2. The van der Waals surface area contributed by atoms with Crippen LogP contribution in [0.25, 0.3) is 11.0 Å². The van der Waals surface area contributed by atoms with Crippen molar-refractivity contribution in [2.24, 2.45) is 5.10 Å². The fourth-order valence-electron chi connectivity index (χ4n) is 3.36. The summed E-state index contributed by atoms with van der Waals surface area (Å²) in [5.41, 5.74) is 3.65. The summed E-state index contributed by atoms with van der Waals surface area (Å²) in [6.07, 6.45) is 4.82. The number of nitrogens with zero attached hydrogens (tertiary/aromatic N) is 4. The van der Waals surface area contributed by atoms with Gasteiger partial charge in [0.25, 0.3) is 0 Å². The van der Waals surface area contributed by atoms with E-state index in [-0.39, 0.29) is 0 Å². The van der Waals surface area contributed by atoms with E-state index in [0.717, 1.165) is 27.3 Å². The first-order chi connectivity index (χ1) is 13.0. The number of sulfonamides is 1. The van der Waals surface area contributed by atoms with E-state index in [2.05, 4.69) is 15.1 Å². The van der Waals surface area contributed by atoms with Gasteiger partial charge in [0.15, 0.2) is 0 Å². The molecule has 1 aliphatic heterocycles. The number of methoxy groups -OCH3 is 1. The van der Waals surface area contributed by atoms with Crippen LogP contribution in [0.2, 0.25) is 0 Å². The molecular weight excluding hydrogens is 364 g/mol. The third-order valence-corrected chi connectivity index (χ3v) is 5.54. The SMILES string of the molecule is COc1ccccc1[C@@H]1CC(c2cccc3nccnc23)=NN1S(C)(=O)=O. The van der Waals surface area contributed by atoms with Gasteiger partial charge in [-0.25, -0.2) is 8.42 Å². The topological polar surface area (TPSA) is 84.8 Å². The Morgan fingerprint density at radius 1 is 1.07 bits per heavy atom. The molecular formula is C19H18N4O3S. The molecule has 0 bridgehead atoms. The summed E-state index contributed by atoms with van der Waals surface area (Å²) in [6, 6.07) is 12.5. The maximum atomic E-state index is 12.4. The van der Waals surface area contributed by atoms with Crippen molar-refractivity contribution in [2.75, 3.05) is 13.4 Å². The molecule has 1 atom stereocenters. The Bertz CT molecular complexity index is 1140. The van der Waals surface area contributed by atoms with Gasteiger partial charge in [-0.05, 0) is 12.1 Å². The van der Waals surface area contributed by atoms with Gasteiger partial charge in [-0.2, -0.15) is 9.52 Å². The fraction of sp³-hybridized carbons (Fsp3) is 0.211. The van der Waals surface area contributed by atoms with Crippen molar-refractivity contribution in [1.29, 1.82) is 0 Å². The third-order valence-electron chi connectivity index (χ3n) is 4.52. The molecule has 0 amide bonds. The molecule has 0 unspecified atom stereocenters. The van der Waals surface area contributed by atoms with Gasteiger partial charge in [0.1, 0.15) is 5.75 Å². The lowest BCUT2D eigenvalue weighted by Gasteiger charge is -2.23. The minimum absolute atomic E-state index is 0.420. The number of aromatic nitrogens is 2. The number of hydrogen-bond donors (Lipinski definition) is 0. The molecule has 27 heavy (non-hydrogen) atoms. The summed E-state index contributed by atoms with van der Waals surface area (Å²) in [7, 11) is -1.99. The quantitative estimate of drug-likeness (QED) is 0.693. The first-order valence-electron chi connectivity index (χ1n) is 8.39. The van der Waals surface area contributed by atoms with Crippen molar-refractivity contribution in [3.05, 3.63) is 66.0 Å². The largest absolute Gasteiger partial charge is 0.496 e. The highest BCUT2D eigenvalue weighted by atomic mass is 32.2. The summed E-state index contributed by atoms with van der Waals surface area (Å²) < 4.78 is 31.4. The highest BCUT2D eigenvalue weighted by Crippen LogP contribution is 2.39. The van der Waals surface area contributed by atoms with Crippen LogP contribution >= 0.6 is 0 Å². The zero-order valence-corrected chi connectivity index (χ0v) is 15.7. The standard InChI is InChI=1S/C19H18N4O3S/c1-26-18-9-4-3-6-14(18)17-12-16(22-23(17)27(2,24)25)13-7-5-8-15-19(13)21-11-10-20-15/h3-11,17H,12H2,1-2H3/t17-/m0/s1. The van der Waals surface area contributed by atoms with Gasteiger partial charge >= 0.3 is 0 Å². The van der Waals surface area contributed by atoms with Gasteiger partial charge in [0, 0.05) is 29.9 Å². The Kier molecular flexibility index (Phi) is 4.27.